The van der Waals surface area contributed by atoms with Crippen LogP contribution in [0.15, 0.2) is 42.5 Å². The van der Waals surface area contributed by atoms with Crippen LogP contribution in [-0.4, -0.2) is 26.2 Å². The van der Waals surface area contributed by atoms with Gasteiger partial charge in [-0.1, -0.05) is 30.7 Å². The normalized spacial score (nSPS) is 11.7. The molecule has 2 aromatic rings. The summed E-state index contributed by atoms with van der Waals surface area (Å²) < 4.78 is 10.7. The molecule has 1 atom stereocenters. The lowest BCUT2D eigenvalue weighted by Gasteiger charge is -2.26. The number of benzene rings is 2. The van der Waals surface area contributed by atoms with Crippen molar-refractivity contribution in [3.63, 3.8) is 0 Å². The Labute approximate surface area is 159 Å². The van der Waals surface area contributed by atoms with Crippen molar-refractivity contribution < 1.29 is 14.3 Å². The van der Waals surface area contributed by atoms with Gasteiger partial charge in [0, 0.05) is 18.2 Å². The van der Waals surface area contributed by atoms with Crippen molar-refractivity contribution in [1.82, 2.24) is 0 Å². The summed E-state index contributed by atoms with van der Waals surface area (Å²) in [4.78, 5) is 14.6. The Morgan fingerprint density at radius 2 is 1.92 bits per heavy atom. The van der Waals surface area contributed by atoms with Gasteiger partial charge in [-0.05, 0) is 42.8 Å². The Hall–Kier alpha value is -2.24. The summed E-state index contributed by atoms with van der Waals surface area (Å²) in [6, 6.07) is 13.0. The largest absolute Gasteiger partial charge is 0.495 e. The quantitative estimate of drug-likeness (QED) is 0.759. The van der Waals surface area contributed by atoms with Gasteiger partial charge in [0.25, 0.3) is 0 Å². The van der Waals surface area contributed by atoms with E-state index in [1.165, 1.54) is 0 Å². The first-order valence-electron chi connectivity index (χ1n) is 8.56. The number of carbonyl (C=O) groups is 1. The van der Waals surface area contributed by atoms with Crippen LogP contribution in [0.2, 0.25) is 5.02 Å². The minimum atomic E-state index is -0.293. The number of nitrogens with two attached hydrogens (primary N) is 1. The van der Waals surface area contributed by atoms with E-state index >= 15 is 0 Å². The minimum absolute atomic E-state index is 0.0531. The molecule has 2 rings (SSSR count). The molecule has 0 radical (unpaired) electrons. The van der Waals surface area contributed by atoms with Gasteiger partial charge in [0.05, 0.1) is 25.3 Å². The topological polar surface area (TPSA) is 64.8 Å². The second-order valence-electron chi connectivity index (χ2n) is 5.96. The maximum absolute atomic E-state index is 12.9. The molecule has 0 aliphatic carbocycles. The van der Waals surface area contributed by atoms with Crippen LogP contribution in [0.1, 0.15) is 19.4 Å². The number of carbonyl (C=O) groups excluding carboxylic acids is 1. The van der Waals surface area contributed by atoms with Gasteiger partial charge in [0.1, 0.15) is 11.5 Å². The second-order valence-corrected chi connectivity index (χ2v) is 6.36. The highest BCUT2D eigenvalue weighted by molar-refractivity contribution is 6.32. The van der Waals surface area contributed by atoms with E-state index in [0.29, 0.717) is 29.6 Å². The van der Waals surface area contributed by atoms with Crippen LogP contribution in [0.3, 0.4) is 0 Å². The molecule has 1 amide bonds. The molecule has 140 valence electrons. The Kier molecular flexibility index (Phi) is 7.30. The van der Waals surface area contributed by atoms with E-state index in [1.54, 1.807) is 24.1 Å². The van der Waals surface area contributed by atoms with Crippen molar-refractivity contribution in [2.24, 2.45) is 11.7 Å². The lowest BCUT2D eigenvalue weighted by atomic mass is 10.1. The van der Waals surface area contributed by atoms with Crippen LogP contribution in [0.5, 0.6) is 11.5 Å². The maximum Gasteiger partial charge on any atom is 0.231 e. The molecule has 26 heavy (non-hydrogen) atoms. The summed E-state index contributed by atoms with van der Waals surface area (Å²) in [6.07, 6.45) is 0. The zero-order valence-corrected chi connectivity index (χ0v) is 16.1. The van der Waals surface area contributed by atoms with Crippen molar-refractivity contribution in [3.8, 4) is 11.5 Å². The molecule has 0 saturated heterocycles. The number of nitrogens with zero attached hydrogens (tertiary/aromatic N) is 1. The number of anilines is 1. The standard InChI is InChI=1S/C20H25ClN2O3/c1-4-26-17-8-5-15(6-9-17)13-23(20(24)14(2)12-22)16-7-10-19(25-3)18(21)11-16/h5-11,14H,4,12-13,22H2,1-3H3. The van der Waals surface area contributed by atoms with Crippen molar-refractivity contribution in [3.05, 3.63) is 53.1 Å². The van der Waals surface area contributed by atoms with E-state index in [4.69, 9.17) is 26.8 Å². The summed E-state index contributed by atoms with van der Waals surface area (Å²) in [5.74, 6) is 1.02. The highest BCUT2D eigenvalue weighted by Gasteiger charge is 2.22. The lowest BCUT2D eigenvalue weighted by molar-refractivity contribution is -0.121. The van der Waals surface area contributed by atoms with Gasteiger partial charge < -0.3 is 20.1 Å². The van der Waals surface area contributed by atoms with Crippen LogP contribution in [0.4, 0.5) is 5.69 Å². The Bertz CT molecular complexity index is 734. The summed E-state index contributed by atoms with van der Waals surface area (Å²) >= 11 is 6.25. The van der Waals surface area contributed by atoms with E-state index < -0.39 is 0 Å². The van der Waals surface area contributed by atoms with Gasteiger partial charge >= 0.3 is 0 Å². The average molecular weight is 377 g/mol. The fourth-order valence-electron chi connectivity index (χ4n) is 2.53. The number of ether oxygens (including phenoxy) is 2. The van der Waals surface area contributed by atoms with Gasteiger partial charge in [0.15, 0.2) is 0 Å². The first-order chi connectivity index (χ1) is 12.5. The number of hydrogen-bond acceptors (Lipinski definition) is 4. The lowest BCUT2D eigenvalue weighted by Crippen LogP contribution is -2.37. The third-order valence-corrected chi connectivity index (χ3v) is 4.36. The molecule has 0 aromatic heterocycles. The average Bonchev–Trinajstić information content (AvgIpc) is 2.66. The molecule has 0 bridgehead atoms. The summed E-state index contributed by atoms with van der Waals surface area (Å²) in [7, 11) is 1.56. The predicted octanol–water partition coefficient (Wildman–Crippen LogP) is 3.88. The number of rotatable bonds is 8. The molecular weight excluding hydrogens is 352 g/mol. The Morgan fingerprint density at radius 3 is 2.46 bits per heavy atom. The Balaban J connectivity index is 2.31. The van der Waals surface area contributed by atoms with E-state index in [1.807, 2.05) is 44.2 Å². The summed E-state index contributed by atoms with van der Waals surface area (Å²) in [5, 5.41) is 0.454. The van der Waals surface area contributed by atoms with Crippen LogP contribution in [-0.2, 0) is 11.3 Å². The first-order valence-corrected chi connectivity index (χ1v) is 8.94. The molecule has 0 fully saturated rings. The zero-order chi connectivity index (χ0) is 19.1. The number of amides is 1. The van der Waals surface area contributed by atoms with E-state index in [2.05, 4.69) is 0 Å². The number of methoxy groups -OCH3 is 1. The van der Waals surface area contributed by atoms with Gasteiger partial charge in [-0.3, -0.25) is 4.79 Å². The van der Waals surface area contributed by atoms with Crippen molar-refractivity contribution in [2.75, 3.05) is 25.2 Å². The highest BCUT2D eigenvalue weighted by atomic mass is 35.5. The minimum Gasteiger partial charge on any atom is -0.495 e. The summed E-state index contributed by atoms with van der Waals surface area (Å²) in [5.41, 5.74) is 7.39. The molecule has 0 aliphatic heterocycles. The Morgan fingerprint density at radius 1 is 1.23 bits per heavy atom. The highest BCUT2D eigenvalue weighted by Crippen LogP contribution is 2.30. The third kappa shape index (κ3) is 4.90. The molecule has 0 aliphatic rings. The third-order valence-electron chi connectivity index (χ3n) is 4.06. The van der Waals surface area contributed by atoms with Crippen molar-refractivity contribution >= 4 is 23.2 Å². The van der Waals surface area contributed by atoms with Crippen molar-refractivity contribution in [1.29, 1.82) is 0 Å². The van der Waals surface area contributed by atoms with E-state index in [9.17, 15) is 4.79 Å². The molecule has 2 aromatic carbocycles. The second kappa shape index (κ2) is 9.46. The van der Waals surface area contributed by atoms with E-state index in [0.717, 1.165) is 11.3 Å². The molecule has 0 saturated carbocycles. The smallest absolute Gasteiger partial charge is 0.231 e. The molecule has 2 N–H and O–H groups in total. The fourth-order valence-corrected chi connectivity index (χ4v) is 2.78. The SMILES string of the molecule is CCOc1ccc(CN(C(=O)C(C)CN)c2ccc(OC)c(Cl)c2)cc1. The van der Waals surface area contributed by atoms with Gasteiger partial charge in [-0.15, -0.1) is 0 Å². The van der Waals surface area contributed by atoms with Crippen molar-refractivity contribution in [2.45, 2.75) is 20.4 Å². The molecule has 0 spiro atoms. The van der Waals surface area contributed by atoms with Crippen LogP contribution in [0.25, 0.3) is 0 Å². The first kappa shape index (κ1) is 20.1. The zero-order valence-electron chi connectivity index (χ0n) is 15.4. The van der Waals surface area contributed by atoms with Gasteiger partial charge in [0.2, 0.25) is 5.91 Å². The number of halogens is 1. The maximum atomic E-state index is 12.9. The van der Waals surface area contributed by atoms with Gasteiger partial charge in [-0.2, -0.15) is 0 Å². The monoisotopic (exact) mass is 376 g/mol. The van der Waals surface area contributed by atoms with Crippen LogP contribution < -0.4 is 20.1 Å². The molecule has 0 heterocycles. The number of hydrogen-bond donors (Lipinski definition) is 1. The summed E-state index contributed by atoms with van der Waals surface area (Å²) in [6.45, 7) is 5.07. The van der Waals surface area contributed by atoms with E-state index in [-0.39, 0.29) is 18.4 Å². The fraction of sp³-hybridized carbons (Fsp3) is 0.350. The molecule has 1 unspecified atom stereocenters. The predicted molar refractivity (Wildman–Crippen MR) is 105 cm³/mol. The molecular formula is C20H25ClN2O3. The molecule has 5 nitrogen and oxygen atoms in total. The van der Waals surface area contributed by atoms with Crippen LogP contribution >= 0.6 is 11.6 Å². The van der Waals surface area contributed by atoms with Gasteiger partial charge in [-0.25, -0.2) is 0 Å². The molecule has 6 heteroatoms. The van der Waals surface area contributed by atoms with Crippen LogP contribution in [0, 0.1) is 5.92 Å².